The van der Waals surface area contributed by atoms with Gasteiger partial charge >= 0.3 is 0 Å². The Morgan fingerprint density at radius 2 is 1.87 bits per heavy atom. The van der Waals surface area contributed by atoms with Crippen molar-refractivity contribution in [3.63, 3.8) is 0 Å². The van der Waals surface area contributed by atoms with Crippen molar-refractivity contribution in [1.29, 1.82) is 0 Å². The first-order chi connectivity index (χ1) is 24.8. The minimum Gasteiger partial charge on any atom is -0.389 e. The van der Waals surface area contributed by atoms with Crippen molar-refractivity contribution in [3.05, 3.63) is 76.5 Å². The predicted molar refractivity (Wildman–Crippen MR) is 203 cm³/mol. The van der Waals surface area contributed by atoms with Gasteiger partial charge in [-0.15, -0.1) is 0 Å². The van der Waals surface area contributed by atoms with E-state index in [1.807, 2.05) is 7.05 Å². The summed E-state index contributed by atoms with van der Waals surface area (Å²) in [7, 11) is 1.97. The van der Waals surface area contributed by atoms with Gasteiger partial charge in [-0.2, -0.15) is 0 Å². The highest BCUT2D eigenvalue weighted by molar-refractivity contribution is 5.90. The quantitative estimate of drug-likeness (QED) is 0.105. The molecule has 10 atom stereocenters. The second-order valence-electron chi connectivity index (χ2n) is 17.6. The number of aliphatic hydroxyl groups is 3. The number of nitrogens with one attached hydrogen (secondary N) is 2. The summed E-state index contributed by atoms with van der Waals surface area (Å²) < 4.78 is 0. The molecule has 6 aliphatic rings. The maximum absolute atomic E-state index is 13.9. The largest absolute Gasteiger partial charge is 0.389 e. The summed E-state index contributed by atoms with van der Waals surface area (Å²) in [6, 6.07) is 12.5. The number of aromatic amines is 1. The third-order valence-electron chi connectivity index (χ3n) is 15.2. The number of carbonyl (C=O) groups is 1. The minimum atomic E-state index is -2.16. The zero-order valence-electron chi connectivity index (χ0n) is 31.4. The molecule has 10 heteroatoms. The van der Waals surface area contributed by atoms with Gasteiger partial charge < -0.3 is 25.2 Å². The number of aliphatic hydroxyl groups excluding tert-OH is 1. The molecule has 1 amide bonds. The normalized spacial score (nSPS) is 40.7. The van der Waals surface area contributed by atoms with Crippen molar-refractivity contribution in [2.24, 2.45) is 17.2 Å². The first-order valence-electron chi connectivity index (χ1n) is 19.6. The summed E-state index contributed by atoms with van der Waals surface area (Å²) >= 11 is 0. The molecular weight excluding hydrogens is 653 g/mol. The Bertz CT molecular complexity index is 2000. The van der Waals surface area contributed by atoms with Crippen LogP contribution in [0.5, 0.6) is 0 Å². The maximum Gasteiger partial charge on any atom is 0.270 e. The molecule has 1 saturated carbocycles. The highest BCUT2D eigenvalue weighted by Crippen LogP contribution is 2.67. The first kappa shape index (κ1) is 34.5. The number of likely N-dealkylation sites (N-methyl/N-ethyl adjacent to an activating group) is 1. The van der Waals surface area contributed by atoms with Gasteiger partial charge in [-0.3, -0.25) is 20.0 Å². The van der Waals surface area contributed by atoms with Crippen molar-refractivity contribution in [2.45, 2.75) is 106 Å². The van der Waals surface area contributed by atoms with Crippen LogP contribution in [-0.4, -0.2) is 105 Å². The molecule has 2 bridgehead atoms. The molecule has 9 rings (SSSR count). The Kier molecular flexibility index (Phi) is 7.56. The van der Waals surface area contributed by atoms with Crippen LogP contribution in [0.2, 0.25) is 0 Å². The number of nitrogens with zero attached hydrogens (tertiary/aromatic N) is 3. The number of carbonyl (C=O) groups excluding carboxylic acids is 1. The molecule has 0 radical (unpaired) electrons. The number of amides is 1. The molecule has 3 fully saturated rings. The Hall–Kier alpha value is -3.25. The van der Waals surface area contributed by atoms with Crippen LogP contribution >= 0.6 is 0 Å². The second-order valence-corrected chi connectivity index (χ2v) is 17.6. The Morgan fingerprint density at radius 1 is 1.08 bits per heavy atom. The van der Waals surface area contributed by atoms with E-state index < -0.39 is 45.5 Å². The molecule has 278 valence electrons. The lowest BCUT2D eigenvalue weighted by Gasteiger charge is -2.63. The molecule has 7 N–H and O–H groups in total. The third-order valence-corrected chi connectivity index (χ3v) is 15.2. The smallest absolute Gasteiger partial charge is 0.270 e. The van der Waals surface area contributed by atoms with Crippen molar-refractivity contribution < 1.29 is 20.1 Å². The summed E-state index contributed by atoms with van der Waals surface area (Å²) in [5.74, 6) is 5.37. The van der Waals surface area contributed by atoms with E-state index in [0.29, 0.717) is 13.0 Å². The van der Waals surface area contributed by atoms with E-state index in [2.05, 4.69) is 101 Å². The van der Waals surface area contributed by atoms with Gasteiger partial charge in [0, 0.05) is 77.8 Å². The first-order valence-corrected chi connectivity index (χ1v) is 19.6. The number of fused-ring (bicyclic) bond motifs is 6. The fraction of sp³-hybridized carbons (Fsp3) is 0.595. The molecule has 5 aliphatic heterocycles. The average Bonchev–Trinajstić information content (AvgIpc) is 3.79. The monoisotopic (exact) mass is 708 g/mol. The van der Waals surface area contributed by atoms with E-state index in [1.165, 1.54) is 22.2 Å². The maximum atomic E-state index is 13.9. The molecule has 3 aromatic rings. The fourth-order valence-electron chi connectivity index (χ4n) is 13.1. The number of anilines is 1. The lowest BCUT2D eigenvalue weighted by molar-refractivity contribution is -0.203. The van der Waals surface area contributed by atoms with Gasteiger partial charge in [0.1, 0.15) is 6.10 Å². The molecule has 2 saturated heterocycles. The summed E-state index contributed by atoms with van der Waals surface area (Å²) in [4.78, 5) is 24.9. The number of H-pyrrole nitrogens is 1. The van der Waals surface area contributed by atoms with Gasteiger partial charge in [0.15, 0.2) is 5.60 Å². The molecule has 1 spiro atoms. The number of aryl methyl sites for hydroxylation is 1. The molecule has 1 aromatic heterocycles. The molecule has 5 unspecified atom stereocenters. The summed E-state index contributed by atoms with van der Waals surface area (Å²) in [6.45, 7) is 12.9. The molecule has 6 heterocycles. The SMILES string of the molecule is CCC1(O)CC2C[N@](CCc3c([nH]c4ccccc34)[C@@](C)(c3cc4c(cc3C)N(C)C3C45CCN4CC=C[C@](CC)(C45)[C@@H](O)[C@]3(O)C(=O)NN)C2)C1. The van der Waals surface area contributed by atoms with Crippen LogP contribution in [0.25, 0.3) is 10.9 Å². The zero-order valence-corrected chi connectivity index (χ0v) is 31.4. The lowest BCUT2D eigenvalue weighted by Crippen LogP contribution is -2.82. The Labute approximate surface area is 307 Å². The average molecular weight is 709 g/mol. The number of para-hydroxylation sites is 1. The fourth-order valence-corrected chi connectivity index (χ4v) is 13.1. The number of aromatic nitrogens is 1. The van der Waals surface area contributed by atoms with E-state index in [1.54, 1.807) is 0 Å². The van der Waals surface area contributed by atoms with Gasteiger partial charge in [-0.25, -0.2) is 5.84 Å². The van der Waals surface area contributed by atoms with Gasteiger partial charge in [0.25, 0.3) is 5.91 Å². The van der Waals surface area contributed by atoms with E-state index in [-0.39, 0.29) is 12.0 Å². The number of rotatable bonds is 4. The van der Waals surface area contributed by atoms with Crippen LogP contribution < -0.4 is 16.2 Å². The number of hydrogen-bond acceptors (Lipinski definition) is 8. The predicted octanol–water partition coefficient (Wildman–Crippen LogP) is 3.38. The Balaban J connectivity index is 1.30. The molecular formula is C42H56N6O4. The minimum absolute atomic E-state index is 0.122. The van der Waals surface area contributed by atoms with Crippen molar-refractivity contribution in [3.8, 4) is 0 Å². The number of nitrogens with two attached hydrogens (primary N) is 1. The van der Waals surface area contributed by atoms with E-state index in [9.17, 15) is 20.1 Å². The van der Waals surface area contributed by atoms with Crippen LogP contribution in [0, 0.1) is 18.3 Å². The van der Waals surface area contributed by atoms with Gasteiger partial charge in [0.2, 0.25) is 0 Å². The lowest BCUT2D eigenvalue weighted by atomic mass is 9.47. The van der Waals surface area contributed by atoms with Crippen LogP contribution in [0.4, 0.5) is 5.69 Å². The number of piperidine rings is 1. The van der Waals surface area contributed by atoms with Gasteiger partial charge in [-0.1, -0.05) is 50.3 Å². The van der Waals surface area contributed by atoms with Gasteiger partial charge in [0.05, 0.1) is 11.6 Å². The molecule has 52 heavy (non-hydrogen) atoms. The molecule has 10 nitrogen and oxygen atoms in total. The number of hydrogen-bond donors (Lipinski definition) is 6. The zero-order chi connectivity index (χ0) is 36.6. The van der Waals surface area contributed by atoms with Crippen molar-refractivity contribution >= 4 is 22.5 Å². The number of benzene rings is 2. The highest BCUT2D eigenvalue weighted by atomic mass is 16.4. The van der Waals surface area contributed by atoms with E-state index >= 15 is 0 Å². The van der Waals surface area contributed by atoms with Crippen LogP contribution in [0.15, 0.2) is 48.6 Å². The number of hydrazine groups is 1. The third kappa shape index (κ3) is 4.19. The van der Waals surface area contributed by atoms with Crippen LogP contribution in [0.1, 0.15) is 80.8 Å². The van der Waals surface area contributed by atoms with Crippen molar-refractivity contribution in [1.82, 2.24) is 20.2 Å². The van der Waals surface area contributed by atoms with E-state index in [0.717, 1.165) is 80.6 Å². The summed E-state index contributed by atoms with van der Waals surface area (Å²) in [5, 5.41) is 38.3. The Morgan fingerprint density at radius 3 is 2.62 bits per heavy atom. The molecule has 1 aliphatic carbocycles. The second kappa shape index (κ2) is 11.4. The van der Waals surface area contributed by atoms with Crippen molar-refractivity contribution in [2.75, 3.05) is 44.7 Å². The summed E-state index contributed by atoms with van der Waals surface area (Å²) in [6.07, 6.45) is 7.39. The molecule has 2 aromatic carbocycles. The standard InChI is InChI=1S/C42H56N6O4/c1-6-39(51)22-26-21-38(4,33-28(13-17-47(23-26)24-39)27-11-8-9-12-31(27)44-33)29-20-30-32(19-25(29)3)46(5)35-41(30)15-18-48-16-10-14-40(7-2,34(41)48)36(49)42(35,52)37(50)45-43/h8-12,14,19-20,26,34-36,44,49,51-52H,6-7,13,15-18,21-24,43H2,1-5H3,(H,45,50)/t26?,34?,35?,36-,38-,39?,40-,41?,42+/m1/s1. The highest BCUT2D eigenvalue weighted by Gasteiger charge is 2.78. The van der Waals surface area contributed by atoms with Crippen LogP contribution in [-0.2, 0) is 22.0 Å². The van der Waals surface area contributed by atoms with Gasteiger partial charge in [-0.05, 0) is 99.2 Å². The van der Waals surface area contributed by atoms with E-state index in [4.69, 9.17) is 5.84 Å². The van der Waals surface area contributed by atoms with Crippen LogP contribution in [0.3, 0.4) is 0 Å². The topological polar surface area (TPSA) is 141 Å². The summed E-state index contributed by atoms with van der Waals surface area (Å²) in [5.41, 5.74) is 5.73.